The Bertz CT molecular complexity index is 683. The van der Waals surface area contributed by atoms with Gasteiger partial charge in [-0.1, -0.05) is 22.8 Å². The summed E-state index contributed by atoms with van der Waals surface area (Å²) >= 11 is 0. The summed E-state index contributed by atoms with van der Waals surface area (Å²) in [5.74, 6) is 0. The molecule has 0 atom stereocenters. The molecule has 110 valence electrons. The minimum atomic E-state index is 1.24. The number of fused-ring (bicyclic) bond motifs is 3. The Morgan fingerprint density at radius 3 is 2.05 bits per heavy atom. The van der Waals surface area contributed by atoms with Gasteiger partial charge in [-0.15, -0.1) is 0 Å². The summed E-state index contributed by atoms with van der Waals surface area (Å²) in [5, 5.41) is 0. The molecule has 4 bridgehead atoms. The van der Waals surface area contributed by atoms with Gasteiger partial charge >= 0.3 is 0 Å². The van der Waals surface area contributed by atoms with Gasteiger partial charge in [0.05, 0.1) is 0 Å². The van der Waals surface area contributed by atoms with Crippen molar-refractivity contribution in [3.63, 3.8) is 0 Å². The van der Waals surface area contributed by atoms with Crippen LogP contribution in [0.5, 0.6) is 0 Å². The van der Waals surface area contributed by atoms with Gasteiger partial charge in [0.25, 0.3) is 0 Å². The standard InChI is InChI=1S/C21H26/c1-13-14(2)20-10-7-17-6-4-16-5-9-19(13)15(3)21(20)11-8-18(17)12-16/h4H,5-12H2,1-3H3. The first kappa shape index (κ1) is 13.4. The molecular formula is C21H26. The number of benzene rings is 1. The minimum absolute atomic E-state index is 1.24. The number of rotatable bonds is 0. The Labute approximate surface area is 129 Å². The van der Waals surface area contributed by atoms with Crippen molar-refractivity contribution in [1.82, 2.24) is 0 Å². The molecular weight excluding hydrogens is 252 g/mol. The van der Waals surface area contributed by atoms with Gasteiger partial charge in [0.2, 0.25) is 0 Å². The van der Waals surface area contributed by atoms with Gasteiger partial charge in [0.15, 0.2) is 0 Å². The summed E-state index contributed by atoms with van der Waals surface area (Å²) in [6, 6.07) is 0. The molecule has 21 heavy (non-hydrogen) atoms. The summed E-state index contributed by atoms with van der Waals surface area (Å²) in [6.45, 7) is 7.13. The van der Waals surface area contributed by atoms with Crippen molar-refractivity contribution in [3.8, 4) is 0 Å². The molecule has 1 aromatic rings. The molecule has 0 radical (unpaired) electrons. The molecule has 0 amide bonds. The van der Waals surface area contributed by atoms with Crippen LogP contribution < -0.4 is 0 Å². The molecule has 0 unspecified atom stereocenters. The fraction of sp³-hybridized carbons (Fsp3) is 0.524. The molecule has 0 spiro atoms. The lowest BCUT2D eigenvalue weighted by atomic mass is 9.75. The molecule has 0 fully saturated rings. The van der Waals surface area contributed by atoms with Gasteiger partial charge in [-0.2, -0.15) is 0 Å². The van der Waals surface area contributed by atoms with Crippen LogP contribution in [0, 0.1) is 20.8 Å². The van der Waals surface area contributed by atoms with Crippen LogP contribution in [0.25, 0.3) is 0 Å². The van der Waals surface area contributed by atoms with Crippen LogP contribution in [0.3, 0.4) is 0 Å². The zero-order chi connectivity index (χ0) is 14.6. The highest BCUT2D eigenvalue weighted by molar-refractivity contribution is 5.52. The Kier molecular flexibility index (Phi) is 3.10. The fourth-order valence-corrected chi connectivity index (χ4v) is 4.88. The largest absolute Gasteiger partial charge is 0.0809 e. The van der Waals surface area contributed by atoms with Gasteiger partial charge in [0, 0.05) is 0 Å². The third-order valence-corrected chi connectivity index (χ3v) is 6.36. The van der Waals surface area contributed by atoms with Gasteiger partial charge in [-0.25, -0.2) is 0 Å². The topological polar surface area (TPSA) is 0 Å². The lowest BCUT2D eigenvalue weighted by Gasteiger charge is -2.30. The molecule has 0 N–H and O–H groups in total. The molecule has 3 aliphatic rings. The monoisotopic (exact) mass is 278 g/mol. The van der Waals surface area contributed by atoms with Crippen molar-refractivity contribution in [2.75, 3.05) is 0 Å². The summed E-state index contributed by atoms with van der Waals surface area (Å²) in [5.41, 5.74) is 15.1. The molecule has 0 saturated carbocycles. The Morgan fingerprint density at radius 1 is 0.619 bits per heavy atom. The molecule has 0 aromatic heterocycles. The first-order valence-corrected chi connectivity index (χ1v) is 8.63. The van der Waals surface area contributed by atoms with E-state index in [0.717, 1.165) is 0 Å². The van der Waals surface area contributed by atoms with Crippen LogP contribution in [0.4, 0.5) is 0 Å². The third-order valence-electron chi connectivity index (χ3n) is 6.36. The van der Waals surface area contributed by atoms with E-state index in [2.05, 4.69) is 26.8 Å². The molecule has 0 saturated heterocycles. The first-order chi connectivity index (χ1) is 10.1. The molecule has 0 heteroatoms. The molecule has 0 heterocycles. The maximum atomic E-state index is 2.55. The highest BCUT2D eigenvalue weighted by Gasteiger charge is 2.24. The Hall–Kier alpha value is -1.30. The second-order valence-corrected chi connectivity index (χ2v) is 7.26. The third kappa shape index (κ3) is 2.03. The van der Waals surface area contributed by atoms with E-state index in [1.54, 1.807) is 50.1 Å². The SMILES string of the molecule is Cc1c(C)c2c3c(C)c1CCC1=CCC(=C(CC3)C1)CC2. The van der Waals surface area contributed by atoms with Crippen LogP contribution in [0.2, 0.25) is 0 Å². The van der Waals surface area contributed by atoms with Gasteiger partial charge in [0.1, 0.15) is 0 Å². The van der Waals surface area contributed by atoms with Gasteiger partial charge in [-0.3, -0.25) is 0 Å². The van der Waals surface area contributed by atoms with Crippen molar-refractivity contribution in [2.45, 2.75) is 72.1 Å². The molecule has 0 nitrogen and oxygen atoms in total. The predicted octanol–water partition coefficient (Wildman–Crippen LogP) is 5.45. The average molecular weight is 278 g/mol. The Morgan fingerprint density at radius 2 is 1.24 bits per heavy atom. The fourth-order valence-electron chi connectivity index (χ4n) is 4.88. The number of hydrogen-bond donors (Lipinski definition) is 0. The van der Waals surface area contributed by atoms with E-state index < -0.39 is 0 Å². The quantitative estimate of drug-likeness (QED) is 0.553. The second-order valence-electron chi connectivity index (χ2n) is 7.26. The van der Waals surface area contributed by atoms with Gasteiger partial charge < -0.3 is 0 Å². The average Bonchev–Trinajstić information content (AvgIpc) is 2.45. The first-order valence-electron chi connectivity index (χ1n) is 8.63. The van der Waals surface area contributed by atoms with E-state index in [9.17, 15) is 0 Å². The lowest BCUT2D eigenvalue weighted by molar-refractivity contribution is 0.721. The van der Waals surface area contributed by atoms with E-state index >= 15 is 0 Å². The normalized spacial score (nSPS) is 20.6. The van der Waals surface area contributed by atoms with E-state index in [1.807, 2.05) is 0 Å². The Balaban J connectivity index is 1.97. The van der Waals surface area contributed by atoms with Gasteiger partial charge in [-0.05, 0) is 106 Å². The van der Waals surface area contributed by atoms with Crippen molar-refractivity contribution < 1.29 is 0 Å². The predicted molar refractivity (Wildman–Crippen MR) is 90.0 cm³/mol. The van der Waals surface area contributed by atoms with Crippen LogP contribution in [0.1, 0.15) is 65.5 Å². The number of allylic oxidation sites excluding steroid dienone is 4. The zero-order valence-electron chi connectivity index (χ0n) is 13.7. The van der Waals surface area contributed by atoms with E-state index in [1.165, 1.54) is 51.4 Å². The van der Waals surface area contributed by atoms with Crippen molar-refractivity contribution in [2.24, 2.45) is 0 Å². The van der Waals surface area contributed by atoms with Crippen molar-refractivity contribution in [3.05, 3.63) is 56.2 Å². The van der Waals surface area contributed by atoms with Crippen LogP contribution in [0.15, 0.2) is 22.8 Å². The van der Waals surface area contributed by atoms with E-state index in [4.69, 9.17) is 0 Å². The molecule has 1 aromatic carbocycles. The molecule has 3 aliphatic carbocycles. The van der Waals surface area contributed by atoms with Crippen molar-refractivity contribution >= 4 is 0 Å². The highest BCUT2D eigenvalue weighted by atomic mass is 14.3. The highest BCUT2D eigenvalue weighted by Crippen LogP contribution is 2.40. The lowest BCUT2D eigenvalue weighted by Crippen LogP contribution is -2.15. The van der Waals surface area contributed by atoms with Crippen LogP contribution >= 0.6 is 0 Å². The molecule has 4 rings (SSSR count). The van der Waals surface area contributed by atoms with Crippen molar-refractivity contribution in [1.29, 1.82) is 0 Å². The minimum Gasteiger partial charge on any atom is -0.0809 e. The maximum Gasteiger partial charge on any atom is -0.0105 e. The summed E-state index contributed by atoms with van der Waals surface area (Å²) in [6.07, 6.45) is 12.8. The maximum absolute atomic E-state index is 2.55. The van der Waals surface area contributed by atoms with Crippen LogP contribution in [-0.4, -0.2) is 0 Å². The number of hydrogen-bond acceptors (Lipinski definition) is 0. The van der Waals surface area contributed by atoms with E-state index in [-0.39, 0.29) is 0 Å². The van der Waals surface area contributed by atoms with E-state index in [0.29, 0.717) is 0 Å². The summed E-state index contributed by atoms with van der Waals surface area (Å²) in [7, 11) is 0. The smallest absolute Gasteiger partial charge is 0.0105 e. The van der Waals surface area contributed by atoms with Crippen LogP contribution in [-0.2, 0) is 19.3 Å². The zero-order valence-corrected chi connectivity index (χ0v) is 13.7. The molecule has 0 aliphatic heterocycles. The summed E-state index contributed by atoms with van der Waals surface area (Å²) in [4.78, 5) is 0. The second kappa shape index (κ2) is 4.87. The summed E-state index contributed by atoms with van der Waals surface area (Å²) < 4.78 is 0.